The predicted octanol–water partition coefficient (Wildman–Crippen LogP) is 2.01. The van der Waals surface area contributed by atoms with Gasteiger partial charge in [-0.2, -0.15) is 0 Å². The number of rotatable bonds is 2. The molecule has 0 aliphatic rings. The Bertz CT molecular complexity index is 329. The first-order valence-corrected chi connectivity index (χ1v) is 5.03. The fourth-order valence-corrected chi connectivity index (χ4v) is 1.12. The van der Waals surface area contributed by atoms with Crippen LogP contribution in [0.1, 0.15) is 25.4 Å². The third-order valence-corrected chi connectivity index (χ3v) is 3.07. The highest BCUT2D eigenvalue weighted by Gasteiger charge is 2.24. The number of nitrogens with zero attached hydrogens (tertiary/aromatic N) is 2. The van der Waals surface area contributed by atoms with Crippen molar-refractivity contribution < 1.29 is 4.74 Å². The summed E-state index contributed by atoms with van der Waals surface area (Å²) in [6.07, 6.45) is 0. The molecule has 1 aromatic rings. The minimum absolute atomic E-state index is 0.442. The minimum atomic E-state index is -0.514. The third kappa shape index (κ3) is 2.04. The number of aromatic nitrogens is 2. The first-order valence-electron chi connectivity index (χ1n) is 4.23. The van der Waals surface area contributed by atoms with Crippen molar-refractivity contribution in [1.82, 2.24) is 9.97 Å². The normalized spacial score (nSPS) is 11.8. The maximum absolute atomic E-state index is 5.72. The van der Waals surface area contributed by atoms with Crippen LogP contribution in [-0.4, -0.2) is 17.1 Å². The van der Waals surface area contributed by atoms with E-state index in [1.165, 1.54) is 0 Å². The highest BCUT2D eigenvalue weighted by Crippen LogP contribution is 2.26. The van der Waals surface area contributed by atoms with Gasteiger partial charge in [0.25, 0.3) is 0 Å². The number of halogens is 1. The van der Waals surface area contributed by atoms with Crippen LogP contribution >= 0.6 is 15.9 Å². The summed E-state index contributed by atoms with van der Waals surface area (Å²) in [7, 11) is 1.62. The Hall–Kier alpha value is -0.680. The van der Waals surface area contributed by atoms with E-state index in [-0.39, 0.29) is 0 Å². The monoisotopic (exact) mass is 259 g/mol. The molecule has 0 saturated carbocycles. The largest absolute Gasteiger partial charge is 0.383 e. The summed E-state index contributed by atoms with van der Waals surface area (Å²) in [4.78, 5) is 8.48. The fraction of sp³-hybridized carbons (Fsp3) is 0.556. The Morgan fingerprint density at radius 3 is 2.36 bits per heavy atom. The van der Waals surface area contributed by atoms with E-state index < -0.39 is 5.60 Å². The van der Waals surface area contributed by atoms with Crippen molar-refractivity contribution in [1.29, 1.82) is 0 Å². The molecule has 5 heteroatoms. The predicted molar refractivity (Wildman–Crippen MR) is 58.9 cm³/mol. The molecule has 0 spiro atoms. The molecule has 14 heavy (non-hydrogen) atoms. The van der Waals surface area contributed by atoms with Crippen LogP contribution in [0.5, 0.6) is 0 Å². The number of anilines is 1. The van der Waals surface area contributed by atoms with Gasteiger partial charge in [0.1, 0.15) is 11.4 Å². The van der Waals surface area contributed by atoms with Crippen molar-refractivity contribution in [3.63, 3.8) is 0 Å². The van der Waals surface area contributed by atoms with E-state index in [0.717, 1.165) is 10.2 Å². The standard InChI is InChI=1S/C9H14BrN3O/c1-5-6(10)7(11)13-8(12-5)9(2,3)14-4/h1-4H3,(H2,11,12,13). The second kappa shape index (κ2) is 3.82. The van der Waals surface area contributed by atoms with E-state index in [2.05, 4.69) is 25.9 Å². The van der Waals surface area contributed by atoms with Gasteiger partial charge in [-0.05, 0) is 36.7 Å². The molecule has 1 heterocycles. The first-order chi connectivity index (χ1) is 6.38. The van der Waals surface area contributed by atoms with Gasteiger partial charge in [0.15, 0.2) is 5.82 Å². The van der Waals surface area contributed by atoms with Crippen LogP contribution in [0.25, 0.3) is 0 Å². The fourth-order valence-electron chi connectivity index (χ4n) is 0.942. The number of aryl methyl sites for hydroxylation is 1. The lowest BCUT2D eigenvalue weighted by molar-refractivity contribution is 0.0114. The molecular formula is C9H14BrN3O. The molecule has 0 unspecified atom stereocenters. The third-order valence-electron chi connectivity index (χ3n) is 2.09. The molecule has 0 radical (unpaired) electrons. The van der Waals surface area contributed by atoms with Gasteiger partial charge >= 0.3 is 0 Å². The zero-order chi connectivity index (χ0) is 10.9. The summed E-state index contributed by atoms with van der Waals surface area (Å²) < 4.78 is 6.02. The number of nitrogen functional groups attached to an aromatic ring is 1. The summed E-state index contributed by atoms with van der Waals surface area (Å²) in [5.41, 5.74) is 6.02. The van der Waals surface area contributed by atoms with E-state index in [1.54, 1.807) is 7.11 Å². The molecule has 0 aliphatic carbocycles. The van der Waals surface area contributed by atoms with Crippen molar-refractivity contribution in [3.05, 3.63) is 16.0 Å². The van der Waals surface area contributed by atoms with Crippen molar-refractivity contribution in [3.8, 4) is 0 Å². The zero-order valence-corrected chi connectivity index (χ0v) is 10.3. The van der Waals surface area contributed by atoms with E-state index in [9.17, 15) is 0 Å². The maximum Gasteiger partial charge on any atom is 0.162 e. The van der Waals surface area contributed by atoms with Crippen LogP contribution in [0.3, 0.4) is 0 Å². The molecule has 78 valence electrons. The average molecular weight is 260 g/mol. The van der Waals surface area contributed by atoms with Gasteiger partial charge in [0.05, 0.1) is 10.2 Å². The SMILES string of the molecule is COC(C)(C)c1nc(C)c(Br)c(N)n1. The highest BCUT2D eigenvalue weighted by molar-refractivity contribution is 9.10. The second-order valence-corrected chi connectivity index (χ2v) is 4.34. The quantitative estimate of drug-likeness (QED) is 0.883. The number of methoxy groups -OCH3 is 1. The molecule has 0 fully saturated rings. The second-order valence-electron chi connectivity index (χ2n) is 3.55. The van der Waals surface area contributed by atoms with E-state index in [4.69, 9.17) is 10.5 Å². The Morgan fingerprint density at radius 1 is 1.36 bits per heavy atom. The summed E-state index contributed by atoms with van der Waals surface area (Å²) in [5, 5.41) is 0. The summed E-state index contributed by atoms with van der Waals surface area (Å²) in [6.45, 7) is 5.67. The molecule has 1 rings (SSSR count). The van der Waals surface area contributed by atoms with Crippen molar-refractivity contribution in [2.75, 3.05) is 12.8 Å². The van der Waals surface area contributed by atoms with Crippen molar-refractivity contribution in [2.45, 2.75) is 26.4 Å². The molecule has 4 nitrogen and oxygen atoms in total. The molecule has 1 aromatic heterocycles. The maximum atomic E-state index is 5.72. The molecule has 2 N–H and O–H groups in total. The van der Waals surface area contributed by atoms with Gasteiger partial charge in [-0.3, -0.25) is 0 Å². The van der Waals surface area contributed by atoms with Gasteiger partial charge in [0, 0.05) is 7.11 Å². The average Bonchev–Trinajstić information content (AvgIpc) is 2.13. The number of hydrogen-bond acceptors (Lipinski definition) is 4. The van der Waals surface area contributed by atoms with Crippen LogP contribution in [0.2, 0.25) is 0 Å². The molecule has 0 aromatic carbocycles. The Morgan fingerprint density at radius 2 is 1.93 bits per heavy atom. The van der Waals surface area contributed by atoms with Gasteiger partial charge < -0.3 is 10.5 Å². The van der Waals surface area contributed by atoms with Crippen molar-refractivity contribution in [2.24, 2.45) is 0 Å². The van der Waals surface area contributed by atoms with E-state index >= 15 is 0 Å². The zero-order valence-electron chi connectivity index (χ0n) is 8.76. The topological polar surface area (TPSA) is 61.0 Å². The summed E-state index contributed by atoms with van der Waals surface area (Å²) in [6, 6.07) is 0. The smallest absolute Gasteiger partial charge is 0.162 e. The molecule has 0 amide bonds. The van der Waals surface area contributed by atoms with Crippen molar-refractivity contribution >= 4 is 21.7 Å². The van der Waals surface area contributed by atoms with Crippen LogP contribution in [0.15, 0.2) is 4.47 Å². The lowest BCUT2D eigenvalue weighted by Crippen LogP contribution is -2.24. The minimum Gasteiger partial charge on any atom is -0.383 e. The molecule has 0 atom stereocenters. The van der Waals surface area contributed by atoms with Crippen LogP contribution < -0.4 is 5.73 Å². The van der Waals surface area contributed by atoms with E-state index in [1.807, 2.05) is 20.8 Å². The number of ether oxygens (including phenoxy) is 1. The summed E-state index contributed by atoms with van der Waals surface area (Å²) in [5.74, 6) is 1.04. The van der Waals surface area contributed by atoms with Gasteiger partial charge in [0.2, 0.25) is 0 Å². The van der Waals surface area contributed by atoms with E-state index in [0.29, 0.717) is 11.6 Å². The molecule has 0 saturated heterocycles. The van der Waals surface area contributed by atoms with Crippen LogP contribution in [-0.2, 0) is 10.3 Å². The summed E-state index contributed by atoms with van der Waals surface area (Å²) >= 11 is 3.31. The van der Waals surface area contributed by atoms with Gasteiger partial charge in [-0.15, -0.1) is 0 Å². The highest BCUT2D eigenvalue weighted by atomic mass is 79.9. The van der Waals surface area contributed by atoms with Crippen LogP contribution in [0, 0.1) is 6.92 Å². The lowest BCUT2D eigenvalue weighted by atomic mass is 10.1. The lowest BCUT2D eigenvalue weighted by Gasteiger charge is -2.21. The number of nitrogens with two attached hydrogens (primary N) is 1. The first kappa shape index (κ1) is 11.4. The van der Waals surface area contributed by atoms with Gasteiger partial charge in [-0.1, -0.05) is 0 Å². The van der Waals surface area contributed by atoms with Crippen LogP contribution in [0.4, 0.5) is 5.82 Å². The number of hydrogen-bond donors (Lipinski definition) is 1. The molecule has 0 bridgehead atoms. The Balaban J connectivity index is 3.26. The van der Waals surface area contributed by atoms with Gasteiger partial charge in [-0.25, -0.2) is 9.97 Å². The molecular weight excluding hydrogens is 246 g/mol. The Labute approximate surface area is 92.0 Å². The molecule has 0 aliphatic heterocycles. The Kier molecular flexibility index (Phi) is 3.11.